The molecule has 164 valence electrons. The molecule has 1 aliphatic heterocycles. The van der Waals surface area contributed by atoms with Gasteiger partial charge in [0.05, 0.1) is 16.4 Å². The summed E-state index contributed by atoms with van der Waals surface area (Å²) >= 11 is 13.7. The van der Waals surface area contributed by atoms with Gasteiger partial charge in [-0.25, -0.2) is 4.98 Å². The van der Waals surface area contributed by atoms with Crippen LogP contribution in [0, 0.1) is 0 Å². The number of benzene rings is 2. The van der Waals surface area contributed by atoms with Gasteiger partial charge in [0.15, 0.2) is 5.65 Å². The Kier molecular flexibility index (Phi) is 6.51. The molecule has 2 aromatic carbocycles. The Morgan fingerprint density at radius 2 is 1.75 bits per heavy atom. The first kappa shape index (κ1) is 21.9. The van der Waals surface area contributed by atoms with E-state index in [9.17, 15) is 0 Å². The number of nitrogens with one attached hydrogen (secondary N) is 1. The van der Waals surface area contributed by atoms with Crippen molar-refractivity contribution >= 4 is 54.9 Å². The lowest BCUT2D eigenvalue weighted by Gasteiger charge is -2.33. The number of fused-ring (bicyclic) bond motifs is 1. The molecule has 0 saturated carbocycles. The van der Waals surface area contributed by atoms with Crippen LogP contribution in [0.25, 0.3) is 16.9 Å². The highest BCUT2D eigenvalue weighted by Crippen LogP contribution is 2.31. The molecule has 0 unspecified atom stereocenters. The van der Waals surface area contributed by atoms with E-state index in [4.69, 9.17) is 16.6 Å². The maximum Gasteiger partial charge on any atom is 0.172 e. The minimum absolute atomic E-state index is 0.373. The van der Waals surface area contributed by atoms with E-state index in [1.807, 2.05) is 34.8 Å². The smallest absolute Gasteiger partial charge is 0.172 e. The summed E-state index contributed by atoms with van der Waals surface area (Å²) in [7, 11) is 0. The van der Waals surface area contributed by atoms with Gasteiger partial charge in [-0.1, -0.05) is 63.9 Å². The third-order valence-electron chi connectivity index (χ3n) is 5.87. The van der Waals surface area contributed by atoms with Crippen LogP contribution in [0.5, 0.6) is 0 Å². The summed E-state index contributed by atoms with van der Waals surface area (Å²) in [6.45, 7) is 3.07. The average Bonchev–Trinajstić information content (AvgIpc) is 3.18. The Hall–Kier alpha value is -1.93. The molecule has 0 spiro atoms. The quantitative estimate of drug-likeness (QED) is 0.289. The van der Waals surface area contributed by atoms with Crippen LogP contribution in [0.1, 0.15) is 18.4 Å². The summed E-state index contributed by atoms with van der Waals surface area (Å²) in [6, 6.07) is 18.7. The number of piperidine rings is 1. The molecule has 4 aromatic rings. The first-order valence-electron chi connectivity index (χ1n) is 10.6. The third-order valence-corrected chi connectivity index (χ3v) is 7.53. The summed E-state index contributed by atoms with van der Waals surface area (Å²) in [4.78, 5) is 7.32. The summed E-state index contributed by atoms with van der Waals surface area (Å²) in [5.74, 6) is 0.930. The van der Waals surface area contributed by atoms with E-state index >= 15 is 0 Å². The normalized spacial score (nSPS) is 15.3. The number of hydrogen-bond acceptors (Lipinski definition) is 4. The van der Waals surface area contributed by atoms with Crippen molar-refractivity contribution in [3.63, 3.8) is 0 Å². The van der Waals surface area contributed by atoms with Crippen LogP contribution >= 0.6 is 43.5 Å². The highest BCUT2D eigenvalue weighted by molar-refractivity contribution is 9.11. The van der Waals surface area contributed by atoms with Gasteiger partial charge in [-0.05, 0) is 46.5 Å². The van der Waals surface area contributed by atoms with Crippen LogP contribution in [0.4, 0.5) is 5.82 Å². The predicted octanol–water partition coefficient (Wildman–Crippen LogP) is 6.65. The minimum Gasteiger partial charge on any atom is -0.367 e. The first-order valence-corrected chi connectivity index (χ1v) is 12.6. The molecule has 5 rings (SSSR count). The average molecular weight is 576 g/mol. The molecular formula is C24H22Br2ClN5. The molecular weight excluding hydrogens is 554 g/mol. The highest BCUT2D eigenvalue weighted by Gasteiger charge is 2.22. The van der Waals surface area contributed by atoms with Crippen molar-refractivity contribution in [3.05, 3.63) is 80.3 Å². The van der Waals surface area contributed by atoms with Crippen LogP contribution in [-0.4, -0.2) is 38.6 Å². The largest absolute Gasteiger partial charge is 0.367 e. The second-order valence-corrected chi connectivity index (χ2v) is 10.1. The van der Waals surface area contributed by atoms with Crippen LogP contribution < -0.4 is 5.32 Å². The van der Waals surface area contributed by atoms with Gasteiger partial charge in [0.2, 0.25) is 0 Å². The lowest BCUT2D eigenvalue weighted by atomic mass is 10.0. The standard InChI is InChI=1S/C24H22Br2ClN5/c25-19-7-3-1-5-16(19)15-31-11-9-17(10-12-31)29-23-13-22(18-6-2-4-8-21(18)27)30-24-20(26)14-28-32(23)24/h1-8,13-14,17,29H,9-12,15H2. The van der Waals surface area contributed by atoms with Crippen LogP contribution in [-0.2, 0) is 6.54 Å². The Morgan fingerprint density at radius 1 is 1.00 bits per heavy atom. The van der Waals surface area contributed by atoms with E-state index in [0.29, 0.717) is 11.1 Å². The number of likely N-dealkylation sites (tertiary alicyclic amines) is 1. The first-order chi connectivity index (χ1) is 15.6. The van der Waals surface area contributed by atoms with Crippen molar-refractivity contribution in [2.24, 2.45) is 0 Å². The van der Waals surface area contributed by atoms with Crippen LogP contribution in [0.15, 0.2) is 69.7 Å². The predicted molar refractivity (Wildman–Crippen MR) is 137 cm³/mol. The van der Waals surface area contributed by atoms with Gasteiger partial charge in [0.25, 0.3) is 0 Å². The molecule has 32 heavy (non-hydrogen) atoms. The fourth-order valence-corrected chi connectivity index (χ4v) is 5.15. The number of halogens is 3. The van der Waals surface area contributed by atoms with Gasteiger partial charge in [0.1, 0.15) is 5.82 Å². The maximum atomic E-state index is 6.46. The molecule has 8 heteroatoms. The topological polar surface area (TPSA) is 45.5 Å². The van der Waals surface area contributed by atoms with Crippen molar-refractivity contribution in [2.75, 3.05) is 18.4 Å². The Bertz CT molecular complexity index is 1250. The van der Waals surface area contributed by atoms with E-state index in [1.54, 1.807) is 6.20 Å². The van der Waals surface area contributed by atoms with E-state index in [1.165, 1.54) is 10.0 Å². The molecule has 5 nitrogen and oxygen atoms in total. The number of hydrogen-bond donors (Lipinski definition) is 1. The molecule has 0 radical (unpaired) electrons. The van der Waals surface area contributed by atoms with Gasteiger partial charge >= 0.3 is 0 Å². The Morgan fingerprint density at radius 3 is 2.53 bits per heavy atom. The van der Waals surface area contributed by atoms with Gasteiger partial charge in [0, 0.05) is 46.8 Å². The minimum atomic E-state index is 0.373. The molecule has 0 bridgehead atoms. The summed E-state index contributed by atoms with van der Waals surface area (Å²) in [5.41, 5.74) is 3.85. The summed E-state index contributed by atoms with van der Waals surface area (Å²) in [5, 5.41) is 8.93. The maximum absolute atomic E-state index is 6.46. The lowest BCUT2D eigenvalue weighted by molar-refractivity contribution is 0.211. The second-order valence-electron chi connectivity index (χ2n) is 8.02. The SMILES string of the molecule is Clc1ccccc1-c1cc(NC2CCN(Cc3ccccc3Br)CC2)n2ncc(Br)c2n1. The van der Waals surface area contributed by atoms with Crippen molar-refractivity contribution in [1.82, 2.24) is 19.5 Å². The molecule has 0 aliphatic carbocycles. The number of anilines is 1. The molecule has 1 N–H and O–H groups in total. The molecule has 0 amide bonds. The lowest BCUT2D eigenvalue weighted by Crippen LogP contribution is -2.39. The van der Waals surface area contributed by atoms with E-state index in [-0.39, 0.29) is 0 Å². The molecule has 3 heterocycles. The highest BCUT2D eigenvalue weighted by atomic mass is 79.9. The fourth-order valence-electron chi connectivity index (χ4n) is 4.16. The van der Waals surface area contributed by atoms with Crippen molar-refractivity contribution in [2.45, 2.75) is 25.4 Å². The Balaban J connectivity index is 1.34. The zero-order chi connectivity index (χ0) is 22.1. The number of nitrogens with zero attached hydrogens (tertiary/aromatic N) is 4. The van der Waals surface area contributed by atoms with Crippen LogP contribution in [0.3, 0.4) is 0 Å². The van der Waals surface area contributed by atoms with Gasteiger partial charge in [-0.2, -0.15) is 9.61 Å². The van der Waals surface area contributed by atoms with E-state index in [0.717, 1.165) is 59.7 Å². The molecule has 1 aliphatic rings. The molecule has 1 fully saturated rings. The van der Waals surface area contributed by atoms with E-state index < -0.39 is 0 Å². The molecule has 1 saturated heterocycles. The zero-order valence-corrected chi connectivity index (χ0v) is 21.2. The van der Waals surface area contributed by atoms with Gasteiger partial charge < -0.3 is 5.32 Å². The van der Waals surface area contributed by atoms with Gasteiger partial charge in [-0.3, -0.25) is 4.90 Å². The second kappa shape index (κ2) is 9.51. The van der Waals surface area contributed by atoms with Crippen LogP contribution in [0.2, 0.25) is 5.02 Å². The van der Waals surface area contributed by atoms with Gasteiger partial charge in [-0.15, -0.1) is 0 Å². The van der Waals surface area contributed by atoms with E-state index in [2.05, 4.69) is 71.4 Å². The summed E-state index contributed by atoms with van der Waals surface area (Å²) < 4.78 is 3.89. The third kappa shape index (κ3) is 4.57. The Labute approximate surface area is 209 Å². The summed E-state index contributed by atoms with van der Waals surface area (Å²) in [6.07, 6.45) is 3.92. The zero-order valence-electron chi connectivity index (χ0n) is 17.3. The number of rotatable bonds is 5. The molecule has 2 aromatic heterocycles. The van der Waals surface area contributed by atoms with Crippen molar-refractivity contribution in [3.8, 4) is 11.3 Å². The van der Waals surface area contributed by atoms with Crippen molar-refractivity contribution in [1.29, 1.82) is 0 Å². The van der Waals surface area contributed by atoms with Crippen molar-refractivity contribution < 1.29 is 0 Å². The molecule has 0 atom stereocenters. The fraction of sp³-hybridized carbons (Fsp3) is 0.250. The number of aromatic nitrogens is 3. The monoisotopic (exact) mass is 573 g/mol.